The van der Waals surface area contributed by atoms with Gasteiger partial charge >= 0.3 is 0 Å². The molecule has 126 valence electrons. The van der Waals surface area contributed by atoms with Gasteiger partial charge in [-0.3, -0.25) is 0 Å². The summed E-state index contributed by atoms with van der Waals surface area (Å²) in [6, 6.07) is 28.4. The Morgan fingerprint density at radius 2 is 1.23 bits per heavy atom. The largest absolute Gasteiger partial charge is 0.378 e. The standard InChI is InChI=1S/C24H20N2/c1-26(2)20-12-10-19(11-13-20)25-22-15-9-18-7-6-16-4-3-5-17-8-14-21(22)24(18)23(16)17/h3-15,25H,1-2H3. The van der Waals surface area contributed by atoms with E-state index >= 15 is 0 Å². The molecule has 0 saturated carbocycles. The third-order valence-corrected chi connectivity index (χ3v) is 5.19. The number of nitrogens with one attached hydrogen (secondary N) is 1. The average molecular weight is 336 g/mol. The monoisotopic (exact) mass is 336 g/mol. The van der Waals surface area contributed by atoms with Crippen molar-refractivity contribution in [1.82, 2.24) is 0 Å². The van der Waals surface area contributed by atoms with E-state index in [2.05, 4.69) is 103 Å². The van der Waals surface area contributed by atoms with Crippen molar-refractivity contribution in [3.8, 4) is 0 Å². The van der Waals surface area contributed by atoms with Crippen LogP contribution in [-0.2, 0) is 0 Å². The van der Waals surface area contributed by atoms with Crippen LogP contribution < -0.4 is 10.2 Å². The van der Waals surface area contributed by atoms with Crippen molar-refractivity contribution in [2.75, 3.05) is 24.3 Å². The fourth-order valence-corrected chi connectivity index (χ4v) is 3.84. The molecule has 0 aromatic heterocycles. The summed E-state index contributed by atoms with van der Waals surface area (Å²) in [5, 5.41) is 11.5. The lowest BCUT2D eigenvalue weighted by atomic mass is 9.93. The van der Waals surface area contributed by atoms with Crippen LogP contribution in [0.3, 0.4) is 0 Å². The molecule has 26 heavy (non-hydrogen) atoms. The Morgan fingerprint density at radius 3 is 1.92 bits per heavy atom. The van der Waals surface area contributed by atoms with E-state index in [-0.39, 0.29) is 0 Å². The Morgan fingerprint density at radius 1 is 0.615 bits per heavy atom. The number of hydrogen-bond acceptors (Lipinski definition) is 2. The van der Waals surface area contributed by atoms with Crippen molar-refractivity contribution in [3.63, 3.8) is 0 Å². The van der Waals surface area contributed by atoms with Crippen LogP contribution in [0.1, 0.15) is 0 Å². The first-order valence-corrected chi connectivity index (χ1v) is 8.92. The molecule has 0 saturated heterocycles. The molecule has 0 spiro atoms. The first-order valence-electron chi connectivity index (χ1n) is 8.92. The third-order valence-electron chi connectivity index (χ3n) is 5.19. The van der Waals surface area contributed by atoms with Crippen LogP contribution in [0.5, 0.6) is 0 Å². The molecule has 2 nitrogen and oxygen atoms in total. The van der Waals surface area contributed by atoms with Crippen molar-refractivity contribution in [3.05, 3.63) is 78.9 Å². The van der Waals surface area contributed by atoms with E-state index in [0.717, 1.165) is 11.4 Å². The van der Waals surface area contributed by atoms with Gasteiger partial charge < -0.3 is 10.2 Å². The van der Waals surface area contributed by atoms with Crippen molar-refractivity contribution < 1.29 is 0 Å². The fourth-order valence-electron chi connectivity index (χ4n) is 3.84. The summed E-state index contributed by atoms with van der Waals surface area (Å²) in [6.07, 6.45) is 0. The molecule has 0 radical (unpaired) electrons. The molecule has 0 unspecified atom stereocenters. The molecule has 0 aliphatic carbocycles. The maximum absolute atomic E-state index is 3.61. The van der Waals surface area contributed by atoms with Gasteiger partial charge in [-0.2, -0.15) is 0 Å². The van der Waals surface area contributed by atoms with Gasteiger partial charge in [-0.1, -0.05) is 48.5 Å². The van der Waals surface area contributed by atoms with Crippen LogP contribution in [0.15, 0.2) is 78.9 Å². The first-order chi connectivity index (χ1) is 12.7. The van der Waals surface area contributed by atoms with Crippen LogP contribution in [0.25, 0.3) is 32.3 Å². The highest BCUT2D eigenvalue weighted by Crippen LogP contribution is 2.38. The number of hydrogen-bond donors (Lipinski definition) is 1. The van der Waals surface area contributed by atoms with Gasteiger partial charge in [0, 0.05) is 36.5 Å². The maximum atomic E-state index is 3.61. The Bertz CT molecular complexity index is 1200. The van der Waals surface area contributed by atoms with Crippen molar-refractivity contribution in [2.24, 2.45) is 0 Å². The Kier molecular flexibility index (Phi) is 3.26. The predicted octanol–water partition coefficient (Wildman–Crippen LogP) is 6.39. The molecule has 0 fully saturated rings. The average Bonchev–Trinajstić information content (AvgIpc) is 2.67. The molecule has 5 aromatic carbocycles. The molecule has 5 aromatic rings. The quantitative estimate of drug-likeness (QED) is 0.384. The number of anilines is 3. The lowest BCUT2D eigenvalue weighted by Gasteiger charge is -2.16. The molecule has 0 aliphatic rings. The summed E-state index contributed by atoms with van der Waals surface area (Å²) in [7, 11) is 4.12. The van der Waals surface area contributed by atoms with Crippen LogP contribution in [0, 0.1) is 0 Å². The number of nitrogens with zero attached hydrogens (tertiary/aromatic N) is 1. The number of rotatable bonds is 3. The second kappa shape index (κ2) is 5.63. The summed E-state index contributed by atoms with van der Waals surface area (Å²) in [4.78, 5) is 2.11. The summed E-state index contributed by atoms with van der Waals surface area (Å²) in [5.41, 5.74) is 3.45. The fraction of sp³-hybridized carbons (Fsp3) is 0.0833. The van der Waals surface area contributed by atoms with Gasteiger partial charge in [0.15, 0.2) is 0 Å². The zero-order valence-electron chi connectivity index (χ0n) is 15.0. The molecule has 0 heterocycles. The maximum Gasteiger partial charge on any atom is 0.0464 e. The highest BCUT2D eigenvalue weighted by Gasteiger charge is 2.10. The predicted molar refractivity (Wildman–Crippen MR) is 114 cm³/mol. The van der Waals surface area contributed by atoms with Crippen LogP contribution in [0.2, 0.25) is 0 Å². The second-order valence-electron chi connectivity index (χ2n) is 7.04. The lowest BCUT2D eigenvalue weighted by molar-refractivity contribution is 1.13. The minimum absolute atomic E-state index is 1.10. The molecule has 0 aliphatic heterocycles. The topological polar surface area (TPSA) is 15.3 Å². The molecular formula is C24H20N2. The first kappa shape index (κ1) is 15.0. The Labute approximate surface area is 153 Å². The minimum atomic E-state index is 1.10. The van der Waals surface area contributed by atoms with Crippen molar-refractivity contribution in [1.29, 1.82) is 0 Å². The molecular weight excluding hydrogens is 316 g/mol. The molecule has 2 heteroatoms. The van der Waals surface area contributed by atoms with Crippen molar-refractivity contribution >= 4 is 49.4 Å². The van der Waals surface area contributed by atoms with Gasteiger partial charge in [-0.05, 0) is 57.3 Å². The summed E-state index contributed by atoms with van der Waals surface area (Å²) in [6.45, 7) is 0. The highest BCUT2D eigenvalue weighted by atomic mass is 15.1. The SMILES string of the molecule is CN(C)c1ccc(Nc2ccc3ccc4cccc5ccc2c3c45)cc1. The van der Waals surface area contributed by atoms with Crippen molar-refractivity contribution in [2.45, 2.75) is 0 Å². The lowest BCUT2D eigenvalue weighted by Crippen LogP contribution is -2.08. The van der Waals surface area contributed by atoms with E-state index in [0.29, 0.717) is 0 Å². The third kappa shape index (κ3) is 2.26. The summed E-state index contributed by atoms with van der Waals surface area (Å²) < 4.78 is 0. The molecule has 5 rings (SSSR count). The van der Waals surface area contributed by atoms with Gasteiger partial charge in [0.05, 0.1) is 0 Å². The summed E-state index contributed by atoms with van der Waals surface area (Å²) >= 11 is 0. The number of benzene rings is 5. The van der Waals surface area contributed by atoms with Gasteiger partial charge in [-0.15, -0.1) is 0 Å². The van der Waals surface area contributed by atoms with Crippen LogP contribution in [0.4, 0.5) is 17.1 Å². The zero-order chi connectivity index (χ0) is 17.7. The van der Waals surface area contributed by atoms with Gasteiger partial charge in [0.1, 0.15) is 0 Å². The summed E-state index contributed by atoms with van der Waals surface area (Å²) in [5.74, 6) is 0. The molecule has 0 amide bonds. The van der Waals surface area contributed by atoms with E-state index < -0.39 is 0 Å². The molecule has 0 bridgehead atoms. The van der Waals surface area contributed by atoms with E-state index in [1.54, 1.807) is 0 Å². The van der Waals surface area contributed by atoms with E-state index in [1.807, 2.05) is 0 Å². The molecule has 1 N–H and O–H groups in total. The van der Waals surface area contributed by atoms with Crippen LogP contribution >= 0.6 is 0 Å². The van der Waals surface area contributed by atoms with E-state index in [9.17, 15) is 0 Å². The van der Waals surface area contributed by atoms with E-state index in [4.69, 9.17) is 0 Å². The van der Waals surface area contributed by atoms with Crippen LogP contribution in [-0.4, -0.2) is 14.1 Å². The van der Waals surface area contributed by atoms with Gasteiger partial charge in [0.2, 0.25) is 0 Å². The van der Waals surface area contributed by atoms with E-state index in [1.165, 1.54) is 38.0 Å². The Hall–Kier alpha value is -3.26. The Balaban J connectivity index is 1.68. The smallest absolute Gasteiger partial charge is 0.0464 e. The highest BCUT2D eigenvalue weighted by molar-refractivity contribution is 6.25. The van der Waals surface area contributed by atoms with Gasteiger partial charge in [-0.25, -0.2) is 0 Å². The molecule has 0 atom stereocenters. The normalized spacial score (nSPS) is 11.5. The second-order valence-corrected chi connectivity index (χ2v) is 7.04. The van der Waals surface area contributed by atoms with Gasteiger partial charge in [0.25, 0.3) is 0 Å². The minimum Gasteiger partial charge on any atom is -0.378 e. The zero-order valence-corrected chi connectivity index (χ0v) is 15.0.